The highest BCUT2D eigenvalue weighted by Gasteiger charge is 2.26. The number of furan rings is 1. The lowest BCUT2D eigenvalue weighted by atomic mass is 9.89. The number of likely N-dealkylation sites (tertiary alicyclic amines) is 1. The molecule has 8 nitrogen and oxygen atoms in total. The lowest BCUT2D eigenvalue weighted by molar-refractivity contribution is -0.116. The first kappa shape index (κ1) is 25.3. The number of aryl methyl sites for hydroxylation is 1. The Kier molecular flexibility index (Phi) is 7.58. The Bertz CT molecular complexity index is 1420. The van der Waals surface area contributed by atoms with Crippen LogP contribution in [0.2, 0.25) is 0 Å². The average molecular weight is 514 g/mol. The normalized spacial score (nSPS) is 13.9. The molecular formula is C30H31N3O5. The molecule has 0 saturated carbocycles. The summed E-state index contributed by atoms with van der Waals surface area (Å²) >= 11 is 0. The molecule has 0 spiro atoms. The fraction of sp³-hybridized carbons (Fsp3) is 0.300. The molecule has 38 heavy (non-hydrogen) atoms. The van der Waals surface area contributed by atoms with Crippen molar-refractivity contribution >= 4 is 28.5 Å². The van der Waals surface area contributed by atoms with Gasteiger partial charge in [0, 0.05) is 42.8 Å². The third-order valence-electron chi connectivity index (χ3n) is 7.03. The number of nitrogens with zero attached hydrogens (tertiary/aromatic N) is 2. The van der Waals surface area contributed by atoms with Gasteiger partial charge in [-0.2, -0.15) is 0 Å². The summed E-state index contributed by atoms with van der Waals surface area (Å²) in [4.78, 5) is 31.4. The highest BCUT2D eigenvalue weighted by molar-refractivity contribution is 5.96. The number of rotatable bonds is 8. The summed E-state index contributed by atoms with van der Waals surface area (Å²) in [6.07, 6.45) is 4.42. The molecule has 1 N–H and O–H groups in total. The SMILES string of the molecule is COc1ccc2oc(C(=O)N3CCC(c4ccc(NC(=O)CCc5ccnc(OC)c5)cc4)CC3)cc2c1. The Labute approximate surface area is 221 Å². The van der Waals surface area contributed by atoms with Crippen LogP contribution in [-0.2, 0) is 11.2 Å². The van der Waals surface area contributed by atoms with Crippen molar-refractivity contribution in [2.24, 2.45) is 0 Å². The number of fused-ring (bicyclic) bond motifs is 1. The lowest BCUT2D eigenvalue weighted by Crippen LogP contribution is -2.37. The molecule has 196 valence electrons. The van der Waals surface area contributed by atoms with Crippen LogP contribution >= 0.6 is 0 Å². The van der Waals surface area contributed by atoms with E-state index in [1.165, 1.54) is 5.56 Å². The van der Waals surface area contributed by atoms with Gasteiger partial charge in [-0.3, -0.25) is 9.59 Å². The first-order valence-electron chi connectivity index (χ1n) is 12.8. The number of aromatic nitrogens is 1. The average Bonchev–Trinajstić information content (AvgIpc) is 3.40. The van der Waals surface area contributed by atoms with Crippen LogP contribution < -0.4 is 14.8 Å². The Hall–Kier alpha value is -4.33. The number of pyridine rings is 1. The topological polar surface area (TPSA) is 93.9 Å². The van der Waals surface area contributed by atoms with Gasteiger partial charge in [0.1, 0.15) is 11.3 Å². The number of benzene rings is 2. The molecule has 0 bridgehead atoms. The van der Waals surface area contributed by atoms with E-state index in [-0.39, 0.29) is 11.8 Å². The summed E-state index contributed by atoms with van der Waals surface area (Å²) in [5, 5.41) is 3.83. The first-order chi connectivity index (χ1) is 18.5. The number of nitrogens with one attached hydrogen (secondary N) is 1. The van der Waals surface area contributed by atoms with Gasteiger partial charge in [-0.05, 0) is 78.8 Å². The van der Waals surface area contributed by atoms with Crippen LogP contribution in [-0.4, -0.2) is 49.0 Å². The Morgan fingerprint density at radius 2 is 1.79 bits per heavy atom. The Morgan fingerprint density at radius 3 is 2.53 bits per heavy atom. The van der Waals surface area contributed by atoms with Crippen LogP contribution in [0.5, 0.6) is 11.6 Å². The van der Waals surface area contributed by atoms with Gasteiger partial charge in [0.15, 0.2) is 5.76 Å². The minimum absolute atomic E-state index is 0.0376. The van der Waals surface area contributed by atoms with Crippen molar-refractivity contribution in [2.75, 3.05) is 32.6 Å². The van der Waals surface area contributed by atoms with Crippen molar-refractivity contribution in [3.8, 4) is 11.6 Å². The van der Waals surface area contributed by atoms with Crippen molar-refractivity contribution < 1.29 is 23.5 Å². The van der Waals surface area contributed by atoms with Gasteiger partial charge < -0.3 is 24.1 Å². The zero-order chi connectivity index (χ0) is 26.5. The van der Waals surface area contributed by atoms with E-state index in [0.29, 0.717) is 49.1 Å². The summed E-state index contributed by atoms with van der Waals surface area (Å²) in [5.74, 6) is 1.88. The molecule has 0 radical (unpaired) electrons. The quantitative estimate of drug-likeness (QED) is 0.337. The molecule has 0 aliphatic carbocycles. The van der Waals surface area contributed by atoms with Crippen molar-refractivity contribution in [1.29, 1.82) is 0 Å². The Balaban J connectivity index is 1.11. The number of piperidine rings is 1. The van der Waals surface area contributed by atoms with E-state index in [1.54, 1.807) is 26.5 Å². The van der Waals surface area contributed by atoms with E-state index >= 15 is 0 Å². The number of amides is 2. The van der Waals surface area contributed by atoms with E-state index in [9.17, 15) is 9.59 Å². The van der Waals surface area contributed by atoms with Crippen LogP contribution in [0.25, 0.3) is 11.0 Å². The van der Waals surface area contributed by atoms with Gasteiger partial charge in [-0.25, -0.2) is 4.98 Å². The van der Waals surface area contributed by atoms with Crippen molar-refractivity contribution in [3.05, 3.63) is 83.7 Å². The molecule has 1 fully saturated rings. The predicted molar refractivity (Wildman–Crippen MR) is 145 cm³/mol. The second-order valence-corrected chi connectivity index (χ2v) is 9.46. The third kappa shape index (κ3) is 5.80. The van der Waals surface area contributed by atoms with Crippen molar-refractivity contribution in [2.45, 2.75) is 31.6 Å². The minimum Gasteiger partial charge on any atom is -0.497 e. The number of carbonyl (C=O) groups is 2. The van der Waals surface area contributed by atoms with Gasteiger partial charge >= 0.3 is 0 Å². The molecular weight excluding hydrogens is 482 g/mol. The molecule has 3 heterocycles. The van der Waals surface area contributed by atoms with Gasteiger partial charge in [0.05, 0.1) is 14.2 Å². The van der Waals surface area contributed by atoms with E-state index in [4.69, 9.17) is 13.9 Å². The van der Waals surface area contributed by atoms with Crippen LogP contribution in [0.1, 0.15) is 46.9 Å². The van der Waals surface area contributed by atoms with Crippen LogP contribution in [0.15, 0.2) is 71.3 Å². The van der Waals surface area contributed by atoms with Crippen molar-refractivity contribution in [1.82, 2.24) is 9.88 Å². The first-order valence-corrected chi connectivity index (χ1v) is 12.8. The van der Waals surface area contributed by atoms with Crippen LogP contribution in [0.3, 0.4) is 0 Å². The number of ether oxygens (including phenoxy) is 2. The van der Waals surface area contributed by atoms with Gasteiger partial charge in [-0.15, -0.1) is 0 Å². The molecule has 8 heteroatoms. The van der Waals surface area contributed by atoms with Gasteiger partial charge in [-0.1, -0.05) is 12.1 Å². The summed E-state index contributed by atoms with van der Waals surface area (Å²) < 4.78 is 16.2. The smallest absolute Gasteiger partial charge is 0.289 e. The Morgan fingerprint density at radius 1 is 1.00 bits per heavy atom. The maximum atomic E-state index is 13.0. The van der Waals surface area contributed by atoms with E-state index in [2.05, 4.69) is 22.4 Å². The highest BCUT2D eigenvalue weighted by atomic mass is 16.5. The molecule has 4 aromatic rings. The zero-order valence-corrected chi connectivity index (χ0v) is 21.6. The largest absolute Gasteiger partial charge is 0.497 e. The number of methoxy groups -OCH3 is 2. The van der Waals surface area contributed by atoms with E-state index in [0.717, 1.165) is 35.2 Å². The second kappa shape index (κ2) is 11.4. The van der Waals surface area contributed by atoms with Crippen LogP contribution in [0, 0.1) is 0 Å². The lowest BCUT2D eigenvalue weighted by Gasteiger charge is -2.31. The maximum absolute atomic E-state index is 13.0. The predicted octanol–water partition coefficient (Wildman–Crippen LogP) is 5.44. The zero-order valence-electron chi connectivity index (χ0n) is 21.6. The number of anilines is 1. The molecule has 2 aromatic carbocycles. The molecule has 5 rings (SSSR count). The van der Waals surface area contributed by atoms with E-state index < -0.39 is 0 Å². The molecule has 2 amide bonds. The fourth-order valence-corrected chi connectivity index (χ4v) is 4.86. The van der Waals surface area contributed by atoms with E-state index in [1.807, 2.05) is 47.4 Å². The highest BCUT2D eigenvalue weighted by Crippen LogP contribution is 2.31. The standard InChI is InChI=1S/C30H31N3O5/c1-36-25-8-9-26-23(18-25)19-27(38-26)30(35)33-15-12-22(13-16-33)21-4-6-24(7-5-21)32-28(34)10-3-20-11-14-31-29(17-20)37-2/h4-9,11,14,17-19,22H,3,10,12-13,15-16H2,1-2H3,(H,32,34). The monoisotopic (exact) mass is 513 g/mol. The second-order valence-electron chi connectivity index (χ2n) is 9.46. The maximum Gasteiger partial charge on any atom is 0.289 e. The van der Waals surface area contributed by atoms with Gasteiger partial charge in [0.2, 0.25) is 11.8 Å². The summed E-state index contributed by atoms with van der Waals surface area (Å²) in [6, 6.07) is 19.1. The molecule has 1 aliphatic heterocycles. The number of hydrogen-bond donors (Lipinski definition) is 1. The summed E-state index contributed by atoms with van der Waals surface area (Å²) in [7, 11) is 3.19. The summed E-state index contributed by atoms with van der Waals surface area (Å²) in [6.45, 7) is 1.34. The third-order valence-corrected chi connectivity index (χ3v) is 7.03. The molecule has 2 aromatic heterocycles. The number of hydrogen-bond acceptors (Lipinski definition) is 6. The molecule has 1 aliphatic rings. The number of carbonyl (C=O) groups excluding carboxylic acids is 2. The molecule has 0 unspecified atom stereocenters. The molecule has 0 atom stereocenters. The fourth-order valence-electron chi connectivity index (χ4n) is 4.86. The van der Waals surface area contributed by atoms with Crippen molar-refractivity contribution in [3.63, 3.8) is 0 Å². The minimum atomic E-state index is -0.0816. The molecule has 1 saturated heterocycles. The summed E-state index contributed by atoms with van der Waals surface area (Å²) in [5.41, 5.74) is 3.68. The van der Waals surface area contributed by atoms with Crippen LogP contribution in [0.4, 0.5) is 5.69 Å². The van der Waals surface area contributed by atoms with Gasteiger partial charge in [0.25, 0.3) is 5.91 Å².